The van der Waals surface area contributed by atoms with Crippen LogP contribution < -0.4 is 0 Å². The summed E-state index contributed by atoms with van der Waals surface area (Å²) in [7, 11) is -9.92. The first kappa shape index (κ1) is 96.1. The minimum atomic E-state index is -4.96. The topological polar surface area (TPSA) is 237 Å². The van der Waals surface area contributed by atoms with Crippen LogP contribution in [-0.4, -0.2) is 96.7 Å². The second-order valence-electron chi connectivity index (χ2n) is 30.1. The summed E-state index contributed by atoms with van der Waals surface area (Å²) in [6, 6.07) is 0. The third-order valence-electron chi connectivity index (χ3n) is 18.7. The molecule has 4 unspecified atom stereocenters. The Balaban J connectivity index is 5.20. The maximum Gasteiger partial charge on any atom is 0.472 e. The van der Waals surface area contributed by atoms with Gasteiger partial charge in [-0.2, -0.15) is 0 Å². The summed E-state index contributed by atoms with van der Waals surface area (Å²) in [5.74, 6) is 0.956. The fourth-order valence-corrected chi connectivity index (χ4v) is 13.6. The van der Waals surface area contributed by atoms with E-state index in [1.165, 1.54) is 199 Å². The number of aliphatic hydroxyl groups is 1. The Hall–Kier alpha value is -1.94. The van der Waals surface area contributed by atoms with Crippen molar-refractivity contribution in [1.29, 1.82) is 0 Å². The van der Waals surface area contributed by atoms with Crippen LogP contribution in [0.1, 0.15) is 402 Å². The lowest BCUT2D eigenvalue weighted by Gasteiger charge is -2.21. The lowest BCUT2D eigenvalue weighted by atomic mass is 9.99. The van der Waals surface area contributed by atoms with Gasteiger partial charge in [-0.1, -0.05) is 351 Å². The number of carbonyl (C=O) groups excluding carboxylic acids is 4. The molecule has 17 nitrogen and oxygen atoms in total. The SMILES string of the molecule is CCC(C)CCCCCCCCCCCCCCCCCCCCC(=O)O[C@H](COC(=O)CCCCCCCCCCCCCCC(C)C)COP(=O)(O)OCC(O)COP(=O)(O)OC[C@@H](COC(=O)CCCCCCCCCC(C)C)OC(=O)CCCCCCCCCCC(C)C. The minimum Gasteiger partial charge on any atom is -0.462 e. The quantitative estimate of drug-likeness (QED) is 0.0222. The van der Waals surface area contributed by atoms with E-state index < -0.39 is 97.5 Å². The van der Waals surface area contributed by atoms with Crippen LogP contribution in [0.2, 0.25) is 0 Å². The number of hydrogen-bond acceptors (Lipinski definition) is 15. The maximum atomic E-state index is 13.1. The number of rotatable bonds is 76. The smallest absolute Gasteiger partial charge is 0.462 e. The van der Waals surface area contributed by atoms with Gasteiger partial charge >= 0.3 is 39.5 Å². The van der Waals surface area contributed by atoms with Crippen LogP contribution in [0.15, 0.2) is 0 Å². The second-order valence-corrected chi connectivity index (χ2v) is 33.0. The summed E-state index contributed by atoms with van der Waals surface area (Å²) in [5, 5.41) is 10.6. The van der Waals surface area contributed by atoms with E-state index in [-0.39, 0.29) is 25.7 Å². The highest BCUT2D eigenvalue weighted by Crippen LogP contribution is 2.45. The van der Waals surface area contributed by atoms with Crippen molar-refractivity contribution in [1.82, 2.24) is 0 Å². The van der Waals surface area contributed by atoms with Gasteiger partial charge in [-0.05, 0) is 49.4 Å². The van der Waals surface area contributed by atoms with Crippen molar-refractivity contribution < 1.29 is 80.2 Å². The Kier molecular flexibility index (Phi) is 66.8. The number of hydrogen-bond donors (Lipinski definition) is 3. The van der Waals surface area contributed by atoms with E-state index in [0.717, 1.165) is 114 Å². The molecule has 0 saturated heterocycles. The molecule has 0 saturated carbocycles. The summed E-state index contributed by atoms with van der Waals surface area (Å²) in [6.45, 7) is 14.2. The van der Waals surface area contributed by atoms with Gasteiger partial charge in [-0.3, -0.25) is 37.3 Å². The molecule has 0 spiro atoms. The van der Waals surface area contributed by atoms with Crippen LogP contribution in [0.4, 0.5) is 0 Å². The van der Waals surface area contributed by atoms with Crippen LogP contribution >= 0.6 is 15.6 Å². The largest absolute Gasteiger partial charge is 0.472 e. The second kappa shape index (κ2) is 68.2. The van der Waals surface area contributed by atoms with Crippen molar-refractivity contribution in [2.75, 3.05) is 39.6 Å². The van der Waals surface area contributed by atoms with Gasteiger partial charge < -0.3 is 33.8 Å². The zero-order valence-electron chi connectivity index (χ0n) is 64.4. The van der Waals surface area contributed by atoms with E-state index in [1.54, 1.807) is 0 Å². The van der Waals surface area contributed by atoms with Crippen molar-refractivity contribution in [3.05, 3.63) is 0 Å². The van der Waals surface area contributed by atoms with E-state index in [0.29, 0.717) is 31.6 Å². The number of carbonyl (C=O) groups is 4. The molecule has 98 heavy (non-hydrogen) atoms. The van der Waals surface area contributed by atoms with Crippen LogP contribution in [-0.2, 0) is 65.4 Å². The molecule has 0 amide bonds. The Morgan fingerprint density at radius 3 is 0.724 bits per heavy atom. The zero-order chi connectivity index (χ0) is 72.4. The molecular weight excluding hydrogens is 1280 g/mol. The molecule has 6 atom stereocenters. The normalized spacial score (nSPS) is 14.3. The minimum absolute atomic E-state index is 0.103. The van der Waals surface area contributed by atoms with Crippen LogP contribution in [0, 0.1) is 23.7 Å². The number of phosphoric acid groups is 2. The van der Waals surface area contributed by atoms with Crippen LogP contribution in [0.3, 0.4) is 0 Å². The van der Waals surface area contributed by atoms with E-state index in [4.69, 9.17) is 37.0 Å². The standard InChI is InChI=1S/C79H154O17P2/c1-9-72(8)58-50-42-34-25-21-16-14-12-10-11-13-15-17-23-27-36-45-53-61-78(83)95-74(65-89-76(81)59-51-43-35-26-22-19-18-20-24-31-39-47-55-69(2)3)67-93-97(85,86)91-63-73(80)64-92-98(87,88)94-68-75(66-90-77(82)60-52-44-38-30-33-41-49-57-71(6)7)96-79(84)62-54-46-37-29-28-32-40-48-56-70(4)5/h69-75,80H,9-68H2,1-8H3,(H,85,86)(H,87,88)/t72?,73?,74-,75-/m1/s1. The summed E-state index contributed by atoms with van der Waals surface area (Å²) < 4.78 is 68.6. The molecule has 0 aliphatic carbocycles. The van der Waals surface area contributed by atoms with Gasteiger partial charge in [0, 0.05) is 25.7 Å². The molecular formula is C79H154O17P2. The first-order valence-electron chi connectivity index (χ1n) is 40.7. The highest BCUT2D eigenvalue weighted by Gasteiger charge is 2.30. The van der Waals surface area contributed by atoms with Crippen molar-refractivity contribution in [2.45, 2.75) is 420 Å². The molecule has 0 bridgehead atoms. The average molecular weight is 1440 g/mol. The first-order chi connectivity index (χ1) is 47.1. The molecule has 0 aromatic rings. The van der Waals surface area contributed by atoms with Crippen molar-refractivity contribution in [3.63, 3.8) is 0 Å². The lowest BCUT2D eigenvalue weighted by molar-refractivity contribution is -0.161. The highest BCUT2D eigenvalue weighted by molar-refractivity contribution is 7.47. The van der Waals surface area contributed by atoms with Gasteiger partial charge in [-0.15, -0.1) is 0 Å². The maximum absolute atomic E-state index is 13.1. The van der Waals surface area contributed by atoms with Crippen molar-refractivity contribution in [3.8, 4) is 0 Å². The number of ether oxygens (including phenoxy) is 4. The molecule has 0 radical (unpaired) electrons. The van der Waals surface area contributed by atoms with Crippen molar-refractivity contribution >= 4 is 39.5 Å². The monoisotopic (exact) mass is 1440 g/mol. The molecule has 3 N–H and O–H groups in total. The van der Waals surface area contributed by atoms with Gasteiger partial charge in [0.15, 0.2) is 12.2 Å². The zero-order valence-corrected chi connectivity index (χ0v) is 66.2. The molecule has 582 valence electrons. The fourth-order valence-electron chi connectivity index (χ4n) is 12.0. The molecule has 0 heterocycles. The predicted octanol–water partition coefficient (Wildman–Crippen LogP) is 23.2. The van der Waals surface area contributed by atoms with Crippen LogP contribution in [0.25, 0.3) is 0 Å². The van der Waals surface area contributed by atoms with Gasteiger partial charge in [-0.25, -0.2) is 9.13 Å². The molecule has 0 aliphatic rings. The van der Waals surface area contributed by atoms with Gasteiger partial charge in [0.05, 0.1) is 26.4 Å². The van der Waals surface area contributed by atoms with E-state index in [9.17, 15) is 43.2 Å². The number of aliphatic hydroxyl groups excluding tert-OH is 1. The summed E-state index contributed by atoms with van der Waals surface area (Å²) in [5.41, 5.74) is 0. The summed E-state index contributed by atoms with van der Waals surface area (Å²) in [6.07, 6.45) is 54.3. The van der Waals surface area contributed by atoms with E-state index >= 15 is 0 Å². The molecule has 0 aromatic carbocycles. The summed E-state index contributed by atoms with van der Waals surface area (Å²) in [4.78, 5) is 72.9. The highest BCUT2D eigenvalue weighted by atomic mass is 31.2. The number of unbranched alkanes of at least 4 members (excludes halogenated alkanes) is 41. The van der Waals surface area contributed by atoms with Gasteiger partial charge in [0.1, 0.15) is 19.3 Å². The molecule has 0 fully saturated rings. The Labute approximate surface area is 600 Å². The molecule has 19 heteroatoms. The van der Waals surface area contributed by atoms with Gasteiger partial charge in [0.25, 0.3) is 0 Å². The predicted molar refractivity (Wildman–Crippen MR) is 400 cm³/mol. The Morgan fingerprint density at radius 1 is 0.286 bits per heavy atom. The third-order valence-corrected chi connectivity index (χ3v) is 20.6. The lowest BCUT2D eigenvalue weighted by Crippen LogP contribution is -2.30. The van der Waals surface area contributed by atoms with Gasteiger partial charge in [0.2, 0.25) is 0 Å². The molecule has 0 aromatic heterocycles. The Morgan fingerprint density at radius 2 is 0.490 bits per heavy atom. The number of phosphoric ester groups is 2. The summed E-state index contributed by atoms with van der Waals surface area (Å²) >= 11 is 0. The number of esters is 4. The molecule has 0 aliphatic heterocycles. The van der Waals surface area contributed by atoms with Crippen molar-refractivity contribution in [2.24, 2.45) is 23.7 Å². The average Bonchev–Trinajstić information content (AvgIpc) is 0.987. The molecule has 0 rings (SSSR count). The van der Waals surface area contributed by atoms with E-state index in [2.05, 4.69) is 55.4 Å². The van der Waals surface area contributed by atoms with E-state index in [1.807, 2.05) is 0 Å². The van der Waals surface area contributed by atoms with Crippen LogP contribution in [0.5, 0.6) is 0 Å². The Bertz CT molecular complexity index is 1920. The third kappa shape index (κ3) is 71.1. The fraction of sp³-hybridized carbons (Fsp3) is 0.949. The first-order valence-corrected chi connectivity index (χ1v) is 43.7.